The van der Waals surface area contributed by atoms with E-state index in [1.54, 1.807) is 34.1 Å². The Balaban J connectivity index is 0.712. The number of rotatable bonds is 18. The van der Waals surface area contributed by atoms with Gasteiger partial charge in [0, 0.05) is 70.3 Å². The number of esters is 1. The van der Waals surface area contributed by atoms with E-state index in [0.29, 0.717) is 38.5 Å². The van der Waals surface area contributed by atoms with Gasteiger partial charge in [-0.15, -0.1) is 0 Å². The maximum atomic E-state index is 13.6. The molecule has 29 unspecified atom stereocenters. The van der Waals surface area contributed by atoms with Crippen LogP contribution in [0.5, 0.6) is 0 Å². The number of carbonyl (C=O) groups excluding carboxylic acids is 2. The first-order valence-electron chi connectivity index (χ1n) is 30.9. The molecule has 0 amide bonds. The number of benzene rings is 1. The molecule has 8 fully saturated rings. The van der Waals surface area contributed by atoms with Gasteiger partial charge in [0.1, 0.15) is 71.9 Å². The number of hydrogen-bond acceptors (Lipinski definition) is 23. The molecule has 4 aliphatic carbocycles. The third kappa shape index (κ3) is 12.5. The van der Waals surface area contributed by atoms with Crippen LogP contribution in [-0.2, 0) is 75.9 Å². The van der Waals surface area contributed by atoms with E-state index in [2.05, 4.69) is 13.0 Å². The summed E-state index contributed by atoms with van der Waals surface area (Å²) in [6, 6.07) is 9.42. The smallest absolute Gasteiger partial charge is 0.331 e. The molecule has 0 aromatic heterocycles. The lowest BCUT2D eigenvalue weighted by Crippen LogP contribution is -2.75. The van der Waals surface area contributed by atoms with Crippen molar-refractivity contribution in [3.8, 4) is 0 Å². The van der Waals surface area contributed by atoms with E-state index >= 15 is 0 Å². The fourth-order valence-electron chi connectivity index (χ4n) is 16.4. The molecule has 1 aromatic carbocycles. The summed E-state index contributed by atoms with van der Waals surface area (Å²) in [7, 11) is 4.71. The van der Waals surface area contributed by atoms with Crippen LogP contribution in [-0.4, -0.2) is 228 Å². The topological polar surface area (TPSA) is 305 Å². The van der Waals surface area contributed by atoms with Crippen LogP contribution < -0.4 is 0 Å². The second-order valence-electron chi connectivity index (χ2n) is 26.1. The van der Waals surface area contributed by atoms with E-state index in [-0.39, 0.29) is 44.0 Å². The lowest BCUT2D eigenvalue weighted by atomic mass is 9.43. The Morgan fingerprint density at radius 2 is 1.19 bits per heavy atom. The average molecular weight is 1220 g/mol. The Morgan fingerprint density at radius 1 is 0.651 bits per heavy atom. The van der Waals surface area contributed by atoms with Crippen molar-refractivity contribution in [2.24, 2.45) is 22.7 Å². The van der Waals surface area contributed by atoms with Gasteiger partial charge in [-0.25, -0.2) is 4.79 Å². The molecule has 5 heterocycles. The maximum Gasteiger partial charge on any atom is 0.331 e. The Kier molecular flexibility index (Phi) is 20.5. The molecule has 86 heavy (non-hydrogen) atoms. The van der Waals surface area contributed by atoms with E-state index in [0.717, 1.165) is 11.1 Å². The number of methoxy groups -OCH3 is 3. The fraction of sp³-hybridized carbons (Fsp3) is 0.810. The largest absolute Gasteiger partial charge is 0.458 e. The van der Waals surface area contributed by atoms with Gasteiger partial charge >= 0.3 is 5.97 Å². The molecule has 23 nitrogen and oxygen atoms in total. The van der Waals surface area contributed by atoms with E-state index < -0.39 is 182 Å². The number of carbonyl (C=O) groups is 2. The zero-order chi connectivity index (χ0) is 61.8. The monoisotopic (exact) mass is 1220 g/mol. The normalized spacial score (nSPS) is 48.8. The first kappa shape index (κ1) is 66.0. The van der Waals surface area contributed by atoms with Crippen molar-refractivity contribution in [3.05, 3.63) is 53.6 Å². The van der Waals surface area contributed by atoms with Crippen molar-refractivity contribution in [1.29, 1.82) is 0 Å². The third-order valence-corrected chi connectivity index (χ3v) is 21.2. The summed E-state index contributed by atoms with van der Waals surface area (Å²) >= 11 is 0. The van der Waals surface area contributed by atoms with Gasteiger partial charge < -0.3 is 102 Å². The van der Waals surface area contributed by atoms with Crippen molar-refractivity contribution < 1.29 is 112 Å². The van der Waals surface area contributed by atoms with Crippen molar-refractivity contribution in [2.45, 2.75) is 272 Å². The first-order chi connectivity index (χ1) is 40.9. The summed E-state index contributed by atoms with van der Waals surface area (Å²) in [5.74, 6) is -1.76. The molecule has 23 heteroatoms. The molecule has 1 aromatic rings. The molecule has 0 radical (unpaired) electrons. The predicted molar refractivity (Wildman–Crippen MR) is 302 cm³/mol. The zero-order valence-electron chi connectivity index (χ0n) is 51.2. The Morgan fingerprint density at radius 3 is 1.73 bits per heavy atom. The van der Waals surface area contributed by atoms with Crippen molar-refractivity contribution in [3.63, 3.8) is 0 Å². The van der Waals surface area contributed by atoms with Crippen LogP contribution in [0, 0.1) is 22.7 Å². The molecule has 10 rings (SSSR count). The first-order valence-corrected chi connectivity index (χ1v) is 30.9. The number of ether oxygens (including phenoxy) is 14. The standard InChI is InChI=1S/C63H94O23/c1-31(65)39-20-23-63(72)61(39,7)46(82-47(67)17-16-36-14-12-11-13-15-36)29-45-60(6)21-19-38(24-37(60)18-22-62(45,63)71)80-49-26-41(73-8)57(33(3)77-49)85-51-27-42(74-9)56(34(4)78-51)84-48-25-40(66)55(32(2)76-48)83-50-28-43(75-10)58(35(5)79-50)86-59-54(70)53(69)52(68)44(30-64)81-59/h11-18,32-35,38-46,48-59,64,66,68-72H,19-30H2,1-10H3. The minimum atomic E-state index is -1.71. The average Bonchev–Trinajstić information content (AvgIpc) is 1.30. The van der Waals surface area contributed by atoms with Crippen LogP contribution in [0.25, 0.3) is 6.08 Å². The molecule has 5 saturated heterocycles. The van der Waals surface area contributed by atoms with Crippen molar-refractivity contribution in [1.82, 2.24) is 0 Å². The third-order valence-electron chi connectivity index (χ3n) is 21.2. The lowest BCUT2D eigenvalue weighted by molar-refractivity contribution is -0.358. The second-order valence-corrected chi connectivity index (χ2v) is 26.1. The second kappa shape index (κ2) is 26.7. The number of Topliss-reactive ketones (excluding diaryl/α,β-unsaturated/α-hetero) is 1. The fourth-order valence-corrected chi connectivity index (χ4v) is 16.4. The molecular formula is C63H94O23. The van der Waals surface area contributed by atoms with Crippen LogP contribution >= 0.6 is 0 Å². The molecule has 484 valence electrons. The summed E-state index contributed by atoms with van der Waals surface area (Å²) in [6.07, 6.45) is -10.2. The maximum absolute atomic E-state index is 13.6. The minimum Gasteiger partial charge on any atom is -0.458 e. The molecular weight excluding hydrogens is 1120 g/mol. The van der Waals surface area contributed by atoms with Crippen LogP contribution in [0.1, 0.15) is 125 Å². The van der Waals surface area contributed by atoms with E-state index in [1.807, 2.05) is 51.1 Å². The molecule has 5 aliphatic heterocycles. The minimum absolute atomic E-state index is 0.0611. The molecule has 9 aliphatic rings. The van der Waals surface area contributed by atoms with Gasteiger partial charge in [-0.3, -0.25) is 4.79 Å². The molecule has 29 atom stereocenters. The molecule has 0 spiro atoms. The van der Waals surface area contributed by atoms with Crippen LogP contribution in [0.3, 0.4) is 0 Å². The highest BCUT2D eigenvalue weighted by atomic mass is 16.8. The number of fused-ring (bicyclic) bond motifs is 5. The van der Waals surface area contributed by atoms with Gasteiger partial charge in [0.25, 0.3) is 0 Å². The molecule has 0 bridgehead atoms. The Labute approximate surface area is 503 Å². The van der Waals surface area contributed by atoms with E-state index in [4.69, 9.17) is 66.3 Å². The molecule has 7 N–H and O–H groups in total. The SMILES string of the molecule is COC1CC(OC2C(C)OC(OC3CCC4(C)C(=CCC5(O)C4CC(OC(=O)C=Cc4ccccc4)C4(C)C(C(C)=O)CCC54O)C3)CC2OC)OC(C)C1OC1CC(O)C(OC2CC(OC)C(OC3OC(CO)C(O)C(O)C3O)C(C)O2)C(C)O1. The summed E-state index contributed by atoms with van der Waals surface area (Å²) in [5.41, 5.74) is -3.13. The number of aliphatic hydroxyl groups excluding tert-OH is 5. The summed E-state index contributed by atoms with van der Waals surface area (Å²) < 4.78 is 87.6. The van der Waals surface area contributed by atoms with E-state index in [1.165, 1.54) is 20.1 Å². The number of ketones is 1. The Hall–Kier alpha value is -2.96. The van der Waals surface area contributed by atoms with Crippen molar-refractivity contribution in [2.75, 3.05) is 27.9 Å². The summed E-state index contributed by atoms with van der Waals surface area (Å²) in [5, 5.41) is 78.3. The Bertz CT molecular complexity index is 2510. The van der Waals surface area contributed by atoms with Crippen LogP contribution in [0.15, 0.2) is 48.1 Å². The van der Waals surface area contributed by atoms with Gasteiger partial charge in [-0.05, 0) is 96.6 Å². The van der Waals surface area contributed by atoms with Crippen molar-refractivity contribution >= 4 is 17.8 Å². The van der Waals surface area contributed by atoms with E-state index in [9.17, 15) is 45.3 Å². The van der Waals surface area contributed by atoms with Gasteiger partial charge in [0.15, 0.2) is 31.5 Å². The van der Waals surface area contributed by atoms with Crippen LogP contribution in [0.4, 0.5) is 0 Å². The highest BCUT2D eigenvalue weighted by molar-refractivity contribution is 5.87. The summed E-state index contributed by atoms with van der Waals surface area (Å²) in [6.45, 7) is 12.1. The van der Waals surface area contributed by atoms with Gasteiger partial charge in [0.2, 0.25) is 0 Å². The lowest BCUT2D eigenvalue weighted by Gasteiger charge is -2.66. The number of hydrogen-bond donors (Lipinski definition) is 7. The van der Waals surface area contributed by atoms with Gasteiger partial charge in [-0.2, -0.15) is 0 Å². The quantitative estimate of drug-likeness (QED) is 0.0630. The number of aliphatic hydroxyl groups is 7. The highest BCUT2D eigenvalue weighted by Gasteiger charge is 2.77. The zero-order valence-corrected chi connectivity index (χ0v) is 51.2. The molecule has 3 saturated carbocycles. The van der Waals surface area contributed by atoms with Crippen LogP contribution in [0.2, 0.25) is 0 Å². The summed E-state index contributed by atoms with van der Waals surface area (Å²) in [4.78, 5) is 26.9. The van der Waals surface area contributed by atoms with Gasteiger partial charge in [0.05, 0.1) is 61.5 Å². The van der Waals surface area contributed by atoms with Gasteiger partial charge in [-0.1, -0.05) is 55.8 Å². The highest BCUT2D eigenvalue weighted by Crippen LogP contribution is 2.70. The predicted octanol–water partition coefficient (Wildman–Crippen LogP) is 3.29.